The van der Waals surface area contributed by atoms with Crippen LogP contribution in [0.4, 0.5) is 0 Å². The Morgan fingerprint density at radius 2 is 0.601 bits per heavy atom. The third-order valence-electron chi connectivity index (χ3n) is 48.4. The first kappa shape index (κ1) is 139. The fraction of sp³-hybridized carbons (Fsp3) is 0.850. The normalized spacial score (nSPS) is 24.9. The van der Waals surface area contributed by atoms with Crippen molar-refractivity contribution >= 4 is 0 Å². The molecule has 1 heterocycles. The Balaban J connectivity index is 0.000000420. The first-order valence-electron chi connectivity index (χ1n) is 62.3. The van der Waals surface area contributed by atoms with Gasteiger partial charge in [-0.1, -0.05) is 557 Å². The zero-order valence-corrected chi connectivity index (χ0v) is 109. The summed E-state index contributed by atoms with van der Waals surface area (Å²) in [7, 11) is 0. The Labute approximate surface area is 932 Å². The van der Waals surface area contributed by atoms with E-state index in [0.29, 0.717) is 97.5 Å². The molecule has 13 aliphatic rings. The number of hydrogen-bond acceptors (Lipinski definition) is 1. The van der Waals surface area contributed by atoms with Crippen LogP contribution in [0, 0.1) is 167 Å². The van der Waals surface area contributed by atoms with E-state index in [1.165, 1.54) is 189 Å². The van der Waals surface area contributed by atoms with Gasteiger partial charge in [0, 0.05) is 5.41 Å². The van der Waals surface area contributed by atoms with Crippen LogP contribution in [0.15, 0.2) is 108 Å². The fourth-order valence-corrected chi connectivity index (χ4v) is 29.0. The number of hydrogen-bond donors (Lipinski definition) is 0. The van der Waals surface area contributed by atoms with Gasteiger partial charge < -0.3 is 4.42 Å². The zero-order valence-electron chi connectivity index (χ0n) is 109. The molecule has 0 atom stereocenters. The van der Waals surface area contributed by atoms with Crippen molar-refractivity contribution in [2.75, 3.05) is 0 Å². The largest absolute Gasteiger partial charge is 0.469 e. The van der Waals surface area contributed by atoms with E-state index < -0.39 is 0 Å². The molecule has 0 spiro atoms. The summed E-state index contributed by atoms with van der Waals surface area (Å²) >= 11 is 0. The molecule has 1 aromatic heterocycles. The maximum atomic E-state index is 5.42. The van der Waals surface area contributed by atoms with Crippen molar-refractivity contribution in [1.29, 1.82) is 0 Å². The minimum absolute atomic E-state index is 0. The Morgan fingerprint density at radius 1 is 0.284 bits per heavy atom. The summed E-state index contributed by atoms with van der Waals surface area (Å²) in [6.07, 6.45) is 57.2. The van der Waals surface area contributed by atoms with Crippen LogP contribution in [0.5, 0.6) is 0 Å². The smallest absolute Gasteiger partial charge is 0.109 e. The van der Waals surface area contributed by atoms with Gasteiger partial charge in [0.1, 0.15) is 5.76 Å². The molecule has 0 N–H and O–H groups in total. The van der Waals surface area contributed by atoms with Crippen molar-refractivity contribution in [1.82, 2.24) is 0 Å². The Hall–Kier alpha value is -3.06. The van der Waals surface area contributed by atoms with Crippen molar-refractivity contribution in [3.05, 3.63) is 120 Å². The number of rotatable bonds is 10. The lowest BCUT2D eigenvalue weighted by Crippen LogP contribution is -2.56. The van der Waals surface area contributed by atoms with E-state index in [4.69, 9.17) is 4.42 Å². The van der Waals surface area contributed by atoms with Crippen LogP contribution in [0.3, 0.4) is 0 Å². The van der Waals surface area contributed by atoms with Crippen molar-refractivity contribution in [3.63, 3.8) is 0 Å². The SMILES string of the molecule is C.C.CC(C)(C)C(C)(C)C.CC(C)(C)C(C)(C)C12CC3CC(CC(C3)C1)C2.CC(C)(C)C(C)(C)C1CCCC1.CC(C)(C)C(C)(C)c1ccc(-c2ccccc2)cc1.CC(C)(C)C(C)(C)c1ccccc1.CC(C)(C)C(C)(C)c1ccco1.CC(C)(C)C1(C)C2CC3CC(C2)CC1C3.CC(C)(C)C1(C2CCCCC2)CCCC1.CC(C)C(C)(C)C(C)(C)C.CCC1(C(C)(C)C)CCCC1.CCC1(C(C)(C)C)CCCCCCC1. The van der Waals surface area contributed by atoms with Crippen LogP contribution in [0.2, 0.25) is 0 Å². The molecule has 0 radical (unpaired) electrons. The molecule has 13 aliphatic carbocycles. The van der Waals surface area contributed by atoms with Crippen LogP contribution in [0.1, 0.15) is 636 Å². The molecular weight excluding hydrogens is 1780 g/mol. The maximum Gasteiger partial charge on any atom is 0.109 e. The van der Waals surface area contributed by atoms with Crippen molar-refractivity contribution in [3.8, 4) is 11.1 Å². The van der Waals surface area contributed by atoms with Gasteiger partial charge in [-0.15, -0.1) is 0 Å². The summed E-state index contributed by atoms with van der Waals surface area (Å²) in [5.74, 6) is 11.4. The first-order valence-corrected chi connectivity index (χ1v) is 62.3. The van der Waals surface area contributed by atoms with Crippen LogP contribution in [0.25, 0.3) is 11.1 Å². The zero-order chi connectivity index (χ0) is 112. The first-order chi connectivity index (χ1) is 66.1. The van der Waals surface area contributed by atoms with Gasteiger partial charge in [0.25, 0.3) is 0 Å². The summed E-state index contributed by atoms with van der Waals surface area (Å²) in [5.41, 5.74) is 15.7. The Kier molecular flexibility index (Phi) is 50.1. The molecule has 148 heavy (non-hydrogen) atoms. The van der Waals surface area contributed by atoms with E-state index >= 15 is 0 Å². The third-order valence-corrected chi connectivity index (χ3v) is 48.4. The highest BCUT2D eigenvalue weighted by molar-refractivity contribution is 5.63. The summed E-state index contributed by atoms with van der Waals surface area (Å²) < 4.78 is 5.42. The van der Waals surface area contributed by atoms with Crippen LogP contribution in [-0.4, -0.2) is 0 Å². The second kappa shape index (κ2) is 53.3. The number of benzene rings is 3. The summed E-state index contributed by atoms with van der Waals surface area (Å²) in [5, 5.41) is 0. The average Bonchev–Trinajstić information content (AvgIpc) is 0.737. The fourth-order valence-electron chi connectivity index (χ4n) is 29.0. The predicted molar refractivity (Wildman–Crippen MR) is 671 cm³/mol. The molecular formula is C147H268O. The number of furan rings is 1. The molecule has 3 aromatic carbocycles. The molecule has 0 aliphatic heterocycles. The maximum absolute atomic E-state index is 5.42. The molecule has 1 heteroatoms. The van der Waals surface area contributed by atoms with E-state index in [1.54, 1.807) is 76.9 Å². The lowest BCUT2D eigenvalue weighted by atomic mass is 9.40. The van der Waals surface area contributed by atoms with Crippen LogP contribution < -0.4 is 0 Å². The van der Waals surface area contributed by atoms with E-state index in [9.17, 15) is 0 Å². The Morgan fingerprint density at radius 3 is 0.892 bits per heavy atom. The molecule has 13 saturated carbocycles. The average molecular weight is 2050 g/mol. The van der Waals surface area contributed by atoms with Gasteiger partial charge in [-0.2, -0.15) is 0 Å². The topological polar surface area (TPSA) is 13.1 Å². The molecule has 13 fully saturated rings. The second-order valence-corrected chi connectivity index (χ2v) is 67.6. The summed E-state index contributed by atoms with van der Waals surface area (Å²) in [4.78, 5) is 0. The minimum atomic E-state index is 0. The molecule has 0 amide bonds. The van der Waals surface area contributed by atoms with E-state index in [2.05, 4.69) is 452 Å². The molecule has 0 unspecified atom stereocenters. The molecule has 17 rings (SSSR count). The molecule has 1 nitrogen and oxygen atoms in total. The quantitative estimate of drug-likeness (QED) is 0.154. The molecule has 4 aromatic rings. The lowest BCUT2D eigenvalue weighted by Gasteiger charge is -2.65. The van der Waals surface area contributed by atoms with Crippen molar-refractivity contribution < 1.29 is 4.42 Å². The molecule has 862 valence electrons. The van der Waals surface area contributed by atoms with Crippen molar-refractivity contribution in [2.24, 2.45) is 167 Å². The van der Waals surface area contributed by atoms with Gasteiger partial charge in [0.15, 0.2) is 0 Å². The predicted octanol–water partition coefficient (Wildman–Crippen LogP) is 49.7. The summed E-state index contributed by atoms with van der Waals surface area (Å²) in [6, 6.07) is 34.3. The Bertz CT molecular complexity index is 4180. The van der Waals surface area contributed by atoms with Gasteiger partial charge in [-0.3, -0.25) is 0 Å². The van der Waals surface area contributed by atoms with E-state index in [0.717, 1.165) is 64.9 Å². The van der Waals surface area contributed by atoms with Gasteiger partial charge in [-0.25, -0.2) is 0 Å². The monoisotopic (exact) mass is 2050 g/mol. The summed E-state index contributed by atoms with van der Waals surface area (Å²) in [6.45, 7) is 125. The van der Waals surface area contributed by atoms with E-state index in [-0.39, 0.29) is 41.9 Å². The lowest BCUT2D eigenvalue weighted by molar-refractivity contribution is -0.156. The van der Waals surface area contributed by atoms with Crippen LogP contribution in [-0.2, 0) is 16.2 Å². The van der Waals surface area contributed by atoms with Gasteiger partial charge in [0.05, 0.1) is 6.26 Å². The minimum Gasteiger partial charge on any atom is -0.469 e. The molecule has 8 bridgehead atoms. The van der Waals surface area contributed by atoms with Crippen LogP contribution >= 0.6 is 0 Å². The standard InChI is InChI=1S/C19H24.C17H30.C15H26.C15H28.C14H28.C13H20.C12H24.C11H18O.C11H22.C10H22.C8H18.2CH4/c1-18(2,3)19(4,5)17-13-11-16(12-14-17)15-9-7-6-8-10-15;1-15(2,3)16(4,5)17-9-12-6-13(10-17)8-14(7-12)11-17;1-14(2,3)15(4)12-6-10-5-11(8-12)9-13(15)7-10;1-14(2,3)15(11-7-8-12-15)13-9-5-4-6-10-13;1-5-14(13(2,3)4)11-9-7-6-8-10-12-14;1-12(2,3)13(4,5)11-9-7-6-8-10-11;1-11(2,3)12(4,5)10-8-6-7-9-10;1-10(2,3)11(4,5)9-7-6-8-12-9;1-5-11(10(2,3)4)8-6-7-9-11;1-8(2)10(6,7)9(3,4)5;1-7(2,3)8(4,5)6;;/h6-14H,1-5H3;12-14H,6-11H2,1-5H3;10-13H,5-9H2,1-4H3;13H,4-12H2,1-3H3;5-12H2,1-4H3;6-10H,1-5H3;10H,6-9H2,1-5H3;6-8H,1-5H3;5-9H2,1-4H3;8H,1-7H3;1-6H3;2*1H4. The molecule has 0 saturated heterocycles. The highest BCUT2D eigenvalue weighted by Gasteiger charge is 2.62. The van der Waals surface area contributed by atoms with Gasteiger partial charge in [0.2, 0.25) is 0 Å². The van der Waals surface area contributed by atoms with E-state index in [1.807, 2.05) is 12.1 Å². The highest BCUT2D eigenvalue weighted by atomic mass is 16.3. The highest BCUT2D eigenvalue weighted by Crippen LogP contribution is 2.71. The second-order valence-electron chi connectivity index (χ2n) is 67.6. The van der Waals surface area contributed by atoms with Gasteiger partial charge >= 0.3 is 0 Å². The third kappa shape index (κ3) is 34.7. The van der Waals surface area contributed by atoms with Crippen molar-refractivity contribution in [2.45, 2.75) is 636 Å². The van der Waals surface area contributed by atoms with Gasteiger partial charge in [-0.05, 0) is 360 Å².